The minimum Gasteiger partial charge on any atom is -0.513 e. The molecule has 180 valence electrons. The number of phenols is 1. The van der Waals surface area contributed by atoms with Gasteiger partial charge in [0.05, 0.1) is 17.6 Å². The summed E-state index contributed by atoms with van der Waals surface area (Å²) < 4.78 is 5.19. The van der Waals surface area contributed by atoms with Crippen LogP contribution in [-0.2, 0) is 4.79 Å². The molecule has 4 rings (SSSR count). The molecular weight excluding hydrogens is 434 g/mol. The lowest BCUT2D eigenvalue weighted by molar-refractivity contribution is -0.105. The summed E-state index contributed by atoms with van der Waals surface area (Å²) in [5.41, 5.74) is 3.14. The second kappa shape index (κ2) is 13.9. The van der Waals surface area contributed by atoms with Crippen molar-refractivity contribution in [2.24, 2.45) is 0 Å². The number of nitrogens with zero attached hydrogens (tertiary/aromatic N) is 1. The van der Waals surface area contributed by atoms with Crippen LogP contribution in [0.1, 0.15) is 43.9 Å². The summed E-state index contributed by atoms with van der Waals surface area (Å²) in [5.74, 6) is 0.722. The lowest BCUT2D eigenvalue weighted by Gasteiger charge is -1.95. The molecule has 1 amide bonds. The quantitative estimate of drug-likeness (QED) is 0.119. The molecule has 0 unspecified atom stereocenters. The highest BCUT2D eigenvalue weighted by molar-refractivity contribution is 5.96. The fourth-order valence-electron chi connectivity index (χ4n) is 2.69. The summed E-state index contributed by atoms with van der Waals surface area (Å²) in [6.07, 6.45) is 5.09. The number of pyridine rings is 1. The van der Waals surface area contributed by atoms with E-state index in [1.54, 1.807) is 31.2 Å². The van der Waals surface area contributed by atoms with Crippen LogP contribution < -0.4 is 5.32 Å². The van der Waals surface area contributed by atoms with E-state index in [1.807, 2.05) is 32.9 Å². The molecule has 0 saturated carbocycles. The number of rotatable bonds is 4. The number of carbonyl (C=O) groups is 2. The lowest BCUT2D eigenvalue weighted by atomic mass is 10.2. The van der Waals surface area contributed by atoms with Gasteiger partial charge in [0, 0.05) is 28.9 Å². The van der Waals surface area contributed by atoms with Crippen molar-refractivity contribution in [2.75, 3.05) is 5.32 Å². The van der Waals surface area contributed by atoms with Crippen molar-refractivity contribution in [3.05, 3.63) is 78.5 Å². The smallest absolute Gasteiger partial charge is 0.226 e. The number of aromatic nitrogens is 2. The number of ketones is 1. The summed E-state index contributed by atoms with van der Waals surface area (Å²) >= 11 is 0. The number of aryl methyl sites for hydroxylation is 1. The van der Waals surface area contributed by atoms with Gasteiger partial charge in [0.2, 0.25) is 12.1 Å². The largest absolute Gasteiger partial charge is 0.513 e. The third-order valence-electron chi connectivity index (χ3n) is 4.04. The van der Waals surface area contributed by atoms with Crippen LogP contribution in [0, 0.1) is 6.92 Å². The SMILES string of the molecule is C=C/C=C(\C)O.CC.CC(=O)c1cc2cc(NC=O)cnc2o1.Cc1cc2cc(O)ccc2[nH]1. The van der Waals surface area contributed by atoms with Crippen LogP contribution in [0.2, 0.25) is 0 Å². The molecule has 0 aliphatic heterocycles. The van der Waals surface area contributed by atoms with Crippen LogP contribution in [0.15, 0.2) is 71.5 Å². The Morgan fingerprint density at radius 3 is 2.41 bits per heavy atom. The number of hydrogen-bond acceptors (Lipinski definition) is 6. The molecule has 8 nitrogen and oxygen atoms in total. The van der Waals surface area contributed by atoms with Crippen molar-refractivity contribution < 1.29 is 24.2 Å². The number of allylic oxidation sites excluding steroid dienone is 3. The molecule has 0 aliphatic carbocycles. The van der Waals surface area contributed by atoms with E-state index in [2.05, 4.69) is 21.9 Å². The molecule has 0 spiro atoms. The highest BCUT2D eigenvalue weighted by Crippen LogP contribution is 2.21. The predicted molar refractivity (Wildman–Crippen MR) is 136 cm³/mol. The summed E-state index contributed by atoms with van der Waals surface area (Å²) in [6, 6.07) is 10.6. The summed E-state index contributed by atoms with van der Waals surface area (Å²) in [7, 11) is 0. The third kappa shape index (κ3) is 8.66. The number of nitrogens with one attached hydrogen (secondary N) is 2. The minimum atomic E-state index is -0.155. The Labute approximate surface area is 198 Å². The average Bonchev–Trinajstić information content (AvgIpc) is 3.38. The van der Waals surface area contributed by atoms with E-state index in [0.29, 0.717) is 34.7 Å². The number of aliphatic hydroxyl groups is 1. The Hall–Kier alpha value is -4.33. The zero-order valence-electron chi connectivity index (χ0n) is 20.0. The maximum atomic E-state index is 11.0. The van der Waals surface area contributed by atoms with E-state index in [0.717, 1.165) is 16.6 Å². The van der Waals surface area contributed by atoms with Gasteiger partial charge in [-0.1, -0.05) is 26.5 Å². The molecule has 0 fully saturated rings. The maximum Gasteiger partial charge on any atom is 0.226 e. The zero-order valence-corrected chi connectivity index (χ0v) is 20.0. The Kier molecular flexibility index (Phi) is 11.4. The number of aromatic amines is 1. The summed E-state index contributed by atoms with van der Waals surface area (Å²) in [5, 5.41) is 21.7. The number of benzene rings is 1. The topological polar surface area (TPSA) is 128 Å². The summed E-state index contributed by atoms with van der Waals surface area (Å²) in [4.78, 5) is 28.4. The van der Waals surface area contributed by atoms with Gasteiger partial charge in [0.15, 0.2) is 11.5 Å². The first kappa shape index (κ1) is 27.7. The van der Waals surface area contributed by atoms with Gasteiger partial charge in [-0.2, -0.15) is 0 Å². The fourth-order valence-corrected chi connectivity index (χ4v) is 2.69. The van der Waals surface area contributed by atoms with Crippen LogP contribution in [0.5, 0.6) is 5.75 Å². The number of Topliss-reactive ketones (excluding diaryl/α,β-unsaturated/α-hetero) is 1. The molecule has 4 aromatic rings. The van der Waals surface area contributed by atoms with Crippen LogP contribution in [0.25, 0.3) is 22.0 Å². The van der Waals surface area contributed by atoms with Crippen molar-refractivity contribution in [3.8, 4) is 5.75 Å². The van der Waals surface area contributed by atoms with Crippen LogP contribution >= 0.6 is 0 Å². The number of hydrogen-bond donors (Lipinski definition) is 4. The number of aromatic hydroxyl groups is 1. The lowest BCUT2D eigenvalue weighted by Crippen LogP contribution is -1.93. The van der Waals surface area contributed by atoms with E-state index in [4.69, 9.17) is 14.6 Å². The molecule has 3 aromatic heterocycles. The van der Waals surface area contributed by atoms with Gasteiger partial charge in [-0.25, -0.2) is 4.98 Å². The number of aliphatic hydroxyl groups excluding tert-OH is 1. The van der Waals surface area contributed by atoms with E-state index in [9.17, 15) is 9.59 Å². The van der Waals surface area contributed by atoms with E-state index in [1.165, 1.54) is 25.3 Å². The second-order valence-corrected chi connectivity index (χ2v) is 6.82. The molecule has 4 N–H and O–H groups in total. The number of carbonyl (C=O) groups excluding carboxylic acids is 2. The number of amides is 1. The monoisotopic (exact) mass is 465 g/mol. The maximum absolute atomic E-state index is 11.0. The van der Waals surface area contributed by atoms with Crippen LogP contribution in [0.3, 0.4) is 0 Å². The number of H-pyrrole nitrogens is 1. The first-order chi connectivity index (χ1) is 16.2. The number of furan rings is 1. The molecule has 3 heterocycles. The van der Waals surface area contributed by atoms with Crippen molar-refractivity contribution in [1.29, 1.82) is 0 Å². The van der Waals surface area contributed by atoms with Crippen molar-refractivity contribution in [3.63, 3.8) is 0 Å². The standard InChI is InChI=1S/C10H8N2O3.C9H9NO.C5H8O.C2H6/c1-6(14)9-3-7-2-8(12-5-13)4-11-10(7)15-9;1-6-4-7-5-8(11)2-3-9(7)10-6;1-3-4-5(2)6;1-2/h2-5H,1H3,(H,12,13);2-5,10-11H,1H3;3-4,6H,1H2,2H3;1-2H3/b;;5-4+;. The van der Waals surface area contributed by atoms with E-state index >= 15 is 0 Å². The molecule has 0 radical (unpaired) electrons. The molecular formula is C26H31N3O5. The fraction of sp³-hybridized carbons (Fsp3) is 0.192. The molecule has 0 bridgehead atoms. The Bertz CT molecular complexity index is 1260. The Morgan fingerprint density at radius 2 is 1.85 bits per heavy atom. The van der Waals surface area contributed by atoms with Crippen LogP contribution in [0.4, 0.5) is 5.69 Å². The highest BCUT2D eigenvalue weighted by Gasteiger charge is 2.08. The normalized spacial score (nSPS) is 10.1. The van der Waals surface area contributed by atoms with E-state index < -0.39 is 0 Å². The van der Waals surface area contributed by atoms with Gasteiger partial charge in [-0.3, -0.25) is 9.59 Å². The van der Waals surface area contributed by atoms with E-state index in [-0.39, 0.29) is 11.5 Å². The van der Waals surface area contributed by atoms with Gasteiger partial charge < -0.3 is 24.9 Å². The first-order valence-electron chi connectivity index (χ1n) is 10.6. The molecule has 34 heavy (non-hydrogen) atoms. The van der Waals surface area contributed by atoms with Crippen molar-refractivity contribution >= 4 is 39.9 Å². The van der Waals surface area contributed by atoms with Crippen molar-refractivity contribution in [1.82, 2.24) is 9.97 Å². The second-order valence-electron chi connectivity index (χ2n) is 6.82. The van der Waals surface area contributed by atoms with Gasteiger partial charge in [0.25, 0.3) is 0 Å². The van der Waals surface area contributed by atoms with Gasteiger partial charge >= 0.3 is 0 Å². The predicted octanol–water partition coefficient (Wildman–Crippen LogP) is 6.44. The van der Waals surface area contributed by atoms with Crippen LogP contribution in [-0.4, -0.2) is 32.4 Å². The third-order valence-corrected chi connectivity index (χ3v) is 4.04. The number of fused-ring (bicyclic) bond motifs is 2. The Balaban J connectivity index is 0.000000268. The van der Waals surface area contributed by atoms with Gasteiger partial charge in [0.1, 0.15) is 5.75 Å². The van der Waals surface area contributed by atoms with Crippen molar-refractivity contribution in [2.45, 2.75) is 34.6 Å². The first-order valence-corrected chi connectivity index (χ1v) is 10.6. The van der Waals surface area contributed by atoms with Gasteiger partial charge in [-0.05, 0) is 56.3 Å². The average molecular weight is 466 g/mol. The zero-order chi connectivity index (χ0) is 25.7. The molecule has 0 atom stereocenters. The number of anilines is 1. The molecule has 8 heteroatoms. The number of phenolic OH excluding ortho intramolecular Hbond substituents is 1. The van der Waals surface area contributed by atoms with Gasteiger partial charge in [-0.15, -0.1) is 0 Å². The summed E-state index contributed by atoms with van der Waals surface area (Å²) in [6.45, 7) is 12.4. The molecule has 0 aliphatic rings. The minimum absolute atomic E-state index is 0.155. The Morgan fingerprint density at radius 1 is 1.15 bits per heavy atom. The highest BCUT2D eigenvalue weighted by atomic mass is 16.4. The molecule has 0 saturated heterocycles. The molecule has 1 aromatic carbocycles.